The first-order chi connectivity index (χ1) is 8.11. The first-order valence-electron chi connectivity index (χ1n) is 6.69. The molecule has 0 spiro atoms. The normalized spacial score (nSPS) is 24.9. The van der Waals surface area contributed by atoms with Crippen LogP contribution in [0.15, 0.2) is 0 Å². The van der Waals surface area contributed by atoms with Crippen LogP contribution in [0.3, 0.4) is 0 Å². The number of hydrogen-bond acceptors (Lipinski definition) is 3. The van der Waals surface area contributed by atoms with Gasteiger partial charge in [0.2, 0.25) is 0 Å². The minimum Gasteiger partial charge on any atom is -0.394 e. The third-order valence-corrected chi connectivity index (χ3v) is 3.85. The second-order valence-corrected chi connectivity index (χ2v) is 5.29. The summed E-state index contributed by atoms with van der Waals surface area (Å²) in [7, 11) is 1.96. The highest BCUT2D eigenvalue weighted by Crippen LogP contribution is 2.29. The van der Waals surface area contributed by atoms with Crippen LogP contribution >= 0.6 is 0 Å². The maximum atomic E-state index is 6.11. The van der Waals surface area contributed by atoms with Crippen molar-refractivity contribution < 1.29 is 0 Å². The van der Waals surface area contributed by atoms with Crippen molar-refractivity contribution in [1.29, 1.82) is 0 Å². The molecule has 1 heterocycles. The van der Waals surface area contributed by atoms with Crippen LogP contribution in [-0.2, 0) is 13.5 Å². The van der Waals surface area contributed by atoms with Gasteiger partial charge >= 0.3 is 0 Å². The van der Waals surface area contributed by atoms with Crippen LogP contribution in [0.25, 0.3) is 0 Å². The molecule has 2 rings (SSSR count). The lowest BCUT2D eigenvalue weighted by molar-refractivity contribution is 0.360. The quantitative estimate of drug-likeness (QED) is 0.848. The van der Waals surface area contributed by atoms with Crippen molar-refractivity contribution >= 4 is 11.5 Å². The predicted octanol–water partition coefficient (Wildman–Crippen LogP) is 2.56. The Labute approximate surface area is 104 Å². The van der Waals surface area contributed by atoms with Crippen molar-refractivity contribution in [3.8, 4) is 0 Å². The summed E-state index contributed by atoms with van der Waals surface area (Å²) in [6.07, 6.45) is 6.01. The molecule has 1 aliphatic rings. The monoisotopic (exact) mass is 236 g/mol. The number of nitrogens with one attached hydrogen (secondary N) is 1. The Kier molecular flexibility index (Phi) is 3.60. The van der Waals surface area contributed by atoms with Gasteiger partial charge in [0.1, 0.15) is 5.82 Å². The van der Waals surface area contributed by atoms with Gasteiger partial charge in [-0.1, -0.05) is 13.8 Å². The van der Waals surface area contributed by atoms with E-state index in [1.165, 1.54) is 25.7 Å². The Hall–Kier alpha value is -1.19. The van der Waals surface area contributed by atoms with Gasteiger partial charge in [0.05, 0.1) is 11.4 Å². The van der Waals surface area contributed by atoms with Crippen LogP contribution in [0.1, 0.15) is 45.2 Å². The van der Waals surface area contributed by atoms with Gasteiger partial charge in [0.25, 0.3) is 0 Å². The molecule has 4 heteroatoms. The second-order valence-electron chi connectivity index (χ2n) is 5.29. The standard InChI is InChI=1S/C13H24N4/c1-4-11-12(14)13(17(3)16-11)15-10-7-5-9(2)6-8-10/h9-10,15H,4-8,14H2,1-3H3. The lowest BCUT2D eigenvalue weighted by atomic mass is 9.87. The third kappa shape index (κ3) is 2.56. The summed E-state index contributed by atoms with van der Waals surface area (Å²) in [6.45, 7) is 4.43. The smallest absolute Gasteiger partial charge is 0.147 e. The second kappa shape index (κ2) is 4.98. The molecule has 0 aliphatic heterocycles. The average molecular weight is 236 g/mol. The Morgan fingerprint density at radius 3 is 2.53 bits per heavy atom. The van der Waals surface area contributed by atoms with Gasteiger partial charge in [0, 0.05) is 13.1 Å². The first kappa shape index (κ1) is 12.3. The van der Waals surface area contributed by atoms with Gasteiger partial charge < -0.3 is 11.1 Å². The molecule has 0 aromatic carbocycles. The Balaban J connectivity index is 2.05. The largest absolute Gasteiger partial charge is 0.394 e. The van der Waals surface area contributed by atoms with Gasteiger partial charge in [0.15, 0.2) is 0 Å². The molecule has 1 aromatic rings. The first-order valence-corrected chi connectivity index (χ1v) is 6.69. The number of aromatic nitrogens is 2. The number of nitrogen functional groups attached to an aromatic ring is 1. The molecule has 0 atom stereocenters. The van der Waals surface area contributed by atoms with Crippen LogP contribution in [0, 0.1) is 5.92 Å². The summed E-state index contributed by atoms with van der Waals surface area (Å²) in [5.41, 5.74) is 7.94. The molecule has 0 amide bonds. The molecule has 0 unspecified atom stereocenters. The zero-order valence-electron chi connectivity index (χ0n) is 11.2. The fraction of sp³-hybridized carbons (Fsp3) is 0.769. The molecule has 0 bridgehead atoms. The van der Waals surface area contributed by atoms with Crippen LogP contribution < -0.4 is 11.1 Å². The fourth-order valence-electron chi connectivity index (χ4n) is 2.63. The van der Waals surface area contributed by atoms with Crippen molar-refractivity contribution in [2.75, 3.05) is 11.1 Å². The highest BCUT2D eigenvalue weighted by atomic mass is 15.3. The summed E-state index contributed by atoms with van der Waals surface area (Å²) in [4.78, 5) is 0. The van der Waals surface area contributed by atoms with E-state index in [1.807, 2.05) is 11.7 Å². The van der Waals surface area contributed by atoms with Crippen molar-refractivity contribution in [2.45, 2.75) is 52.0 Å². The average Bonchev–Trinajstić information content (AvgIpc) is 2.59. The highest BCUT2D eigenvalue weighted by Gasteiger charge is 2.20. The SMILES string of the molecule is CCc1nn(C)c(NC2CCC(C)CC2)c1N. The van der Waals surface area contributed by atoms with Crippen LogP contribution in [0.4, 0.5) is 11.5 Å². The number of anilines is 2. The van der Waals surface area contributed by atoms with E-state index in [1.54, 1.807) is 0 Å². The number of rotatable bonds is 3. The Morgan fingerprint density at radius 1 is 1.35 bits per heavy atom. The molecule has 1 fully saturated rings. The third-order valence-electron chi connectivity index (χ3n) is 3.85. The highest BCUT2D eigenvalue weighted by molar-refractivity contribution is 5.65. The summed E-state index contributed by atoms with van der Waals surface area (Å²) < 4.78 is 1.88. The molecule has 0 radical (unpaired) electrons. The number of nitrogens with zero attached hydrogens (tertiary/aromatic N) is 2. The molecule has 3 N–H and O–H groups in total. The van der Waals surface area contributed by atoms with Gasteiger partial charge in [-0.15, -0.1) is 0 Å². The lowest BCUT2D eigenvalue weighted by Gasteiger charge is -2.27. The maximum Gasteiger partial charge on any atom is 0.147 e. The molecule has 96 valence electrons. The fourth-order valence-corrected chi connectivity index (χ4v) is 2.63. The molecule has 1 aliphatic carbocycles. The van der Waals surface area contributed by atoms with E-state index in [-0.39, 0.29) is 0 Å². The van der Waals surface area contributed by atoms with E-state index in [4.69, 9.17) is 5.73 Å². The van der Waals surface area contributed by atoms with Gasteiger partial charge in [-0.25, -0.2) is 0 Å². The van der Waals surface area contributed by atoms with Crippen molar-refractivity contribution in [3.63, 3.8) is 0 Å². The number of nitrogens with two attached hydrogens (primary N) is 1. The molecule has 0 saturated heterocycles. The summed E-state index contributed by atoms with van der Waals surface area (Å²) in [6, 6.07) is 0.564. The summed E-state index contributed by atoms with van der Waals surface area (Å²) in [5, 5.41) is 8.01. The van der Waals surface area contributed by atoms with E-state index >= 15 is 0 Å². The Bertz CT molecular complexity index is 375. The molecular formula is C13H24N4. The Morgan fingerprint density at radius 2 is 2.00 bits per heavy atom. The summed E-state index contributed by atoms with van der Waals surface area (Å²) in [5.74, 6) is 1.88. The topological polar surface area (TPSA) is 55.9 Å². The van der Waals surface area contributed by atoms with Crippen molar-refractivity contribution in [3.05, 3.63) is 5.69 Å². The van der Waals surface area contributed by atoms with Gasteiger partial charge in [-0.2, -0.15) is 5.10 Å². The van der Waals surface area contributed by atoms with E-state index in [9.17, 15) is 0 Å². The van der Waals surface area contributed by atoms with Crippen LogP contribution in [0.5, 0.6) is 0 Å². The predicted molar refractivity (Wildman–Crippen MR) is 72.0 cm³/mol. The van der Waals surface area contributed by atoms with E-state index in [0.29, 0.717) is 6.04 Å². The van der Waals surface area contributed by atoms with E-state index in [2.05, 4.69) is 24.3 Å². The molecule has 17 heavy (non-hydrogen) atoms. The molecule has 4 nitrogen and oxygen atoms in total. The van der Waals surface area contributed by atoms with Crippen molar-refractivity contribution in [1.82, 2.24) is 9.78 Å². The van der Waals surface area contributed by atoms with E-state index in [0.717, 1.165) is 29.5 Å². The number of hydrogen-bond donors (Lipinski definition) is 2. The zero-order valence-corrected chi connectivity index (χ0v) is 11.2. The number of aryl methyl sites for hydroxylation is 2. The zero-order chi connectivity index (χ0) is 12.4. The maximum absolute atomic E-state index is 6.11. The minimum atomic E-state index is 0.564. The van der Waals surface area contributed by atoms with Gasteiger partial charge in [-0.05, 0) is 38.0 Å². The molecular weight excluding hydrogens is 212 g/mol. The van der Waals surface area contributed by atoms with Gasteiger partial charge in [-0.3, -0.25) is 4.68 Å². The molecule has 1 saturated carbocycles. The van der Waals surface area contributed by atoms with Crippen LogP contribution in [-0.4, -0.2) is 15.8 Å². The van der Waals surface area contributed by atoms with Crippen LogP contribution in [0.2, 0.25) is 0 Å². The summed E-state index contributed by atoms with van der Waals surface area (Å²) >= 11 is 0. The van der Waals surface area contributed by atoms with Crippen molar-refractivity contribution in [2.24, 2.45) is 13.0 Å². The van der Waals surface area contributed by atoms with E-state index < -0.39 is 0 Å². The minimum absolute atomic E-state index is 0.564. The molecule has 1 aromatic heterocycles. The lowest BCUT2D eigenvalue weighted by Crippen LogP contribution is -2.26.